The van der Waals surface area contributed by atoms with Crippen LogP contribution in [0.5, 0.6) is 0 Å². The molecule has 0 saturated heterocycles. The fraction of sp³-hybridized carbons (Fsp3) is 0.250. The van der Waals surface area contributed by atoms with Crippen LogP contribution in [-0.2, 0) is 0 Å². The van der Waals surface area contributed by atoms with Crippen molar-refractivity contribution in [3.63, 3.8) is 0 Å². The van der Waals surface area contributed by atoms with Gasteiger partial charge in [0.05, 0.1) is 12.2 Å². The van der Waals surface area contributed by atoms with E-state index in [-0.39, 0.29) is 0 Å². The SMILES string of the molecule is CC(O)c1ccc(Cl)cc1.CC(O)c1ccc(Cl)cc1. The molecular weight excluding hydrogens is 295 g/mol. The van der Waals surface area contributed by atoms with Gasteiger partial charge in [-0.25, -0.2) is 0 Å². The summed E-state index contributed by atoms with van der Waals surface area (Å²) in [6, 6.07) is 14.3. The van der Waals surface area contributed by atoms with Crippen LogP contribution in [-0.4, -0.2) is 10.2 Å². The molecule has 2 nitrogen and oxygen atoms in total. The molecule has 2 atom stereocenters. The molecule has 0 aliphatic heterocycles. The maximum absolute atomic E-state index is 9.07. The second kappa shape index (κ2) is 8.28. The van der Waals surface area contributed by atoms with Crippen molar-refractivity contribution in [2.45, 2.75) is 26.1 Å². The molecule has 0 aromatic heterocycles. The Morgan fingerprint density at radius 2 is 0.900 bits per heavy atom. The molecule has 2 aromatic carbocycles. The monoisotopic (exact) mass is 312 g/mol. The largest absolute Gasteiger partial charge is 0.389 e. The van der Waals surface area contributed by atoms with Gasteiger partial charge in [-0.15, -0.1) is 0 Å². The third-order valence-electron chi connectivity index (χ3n) is 2.70. The molecule has 0 heterocycles. The maximum atomic E-state index is 9.07. The van der Waals surface area contributed by atoms with Crippen LogP contribution in [0.25, 0.3) is 0 Å². The highest BCUT2D eigenvalue weighted by atomic mass is 35.5. The van der Waals surface area contributed by atoms with Gasteiger partial charge in [0.1, 0.15) is 0 Å². The molecule has 4 heteroatoms. The molecule has 2 aromatic rings. The Morgan fingerprint density at radius 1 is 0.650 bits per heavy atom. The van der Waals surface area contributed by atoms with Crippen molar-refractivity contribution < 1.29 is 10.2 Å². The minimum absolute atomic E-state index is 0.405. The standard InChI is InChI=1S/2C8H9ClO/c2*1-6(10)7-2-4-8(9)5-3-7/h2*2-6,10H,1H3. The molecule has 2 rings (SSSR count). The van der Waals surface area contributed by atoms with Crippen molar-refractivity contribution in [2.24, 2.45) is 0 Å². The summed E-state index contributed by atoms with van der Waals surface area (Å²) in [4.78, 5) is 0. The first-order valence-corrected chi connectivity index (χ1v) is 7.03. The molecule has 2 unspecified atom stereocenters. The van der Waals surface area contributed by atoms with Crippen LogP contribution in [0.1, 0.15) is 37.2 Å². The Hall–Kier alpha value is -1.06. The molecule has 0 bridgehead atoms. The highest BCUT2D eigenvalue weighted by Crippen LogP contribution is 2.15. The Kier molecular flexibility index (Phi) is 7.03. The van der Waals surface area contributed by atoms with Crippen LogP contribution in [0.15, 0.2) is 48.5 Å². The first-order valence-electron chi connectivity index (χ1n) is 6.27. The lowest BCUT2D eigenvalue weighted by Crippen LogP contribution is -1.88. The van der Waals surface area contributed by atoms with Crippen molar-refractivity contribution in [3.8, 4) is 0 Å². The number of hydrogen-bond donors (Lipinski definition) is 2. The third-order valence-corrected chi connectivity index (χ3v) is 3.21. The molecular formula is C16H18Cl2O2. The molecule has 0 spiro atoms. The van der Waals surface area contributed by atoms with Crippen LogP contribution < -0.4 is 0 Å². The predicted molar refractivity (Wildman–Crippen MR) is 84.2 cm³/mol. The minimum Gasteiger partial charge on any atom is -0.389 e. The normalized spacial score (nSPS) is 13.1. The van der Waals surface area contributed by atoms with Crippen LogP contribution in [0.2, 0.25) is 10.0 Å². The van der Waals surface area contributed by atoms with Crippen LogP contribution >= 0.6 is 23.2 Å². The lowest BCUT2D eigenvalue weighted by Gasteiger charge is -2.02. The first kappa shape index (κ1) is 17.0. The van der Waals surface area contributed by atoms with Gasteiger partial charge in [-0.2, -0.15) is 0 Å². The van der Waals surface area contributed by atoms with Crippen LogP contribution in [0, 0.1) is 0 Å². The lowest BCUT2D eigenvalue weighted by atomic mass is 10.1. The second-order valence-corrected chi connectivity index (χ2v) is 5.33. The quantitative estimate of drug-likeness (QED) is 0.837. The first-order chi connectivity index (χ1) is 9.40. The Bertz CT molecular complexity index is 456. The average molecular weight is 313 g/mol. The van der Waals surface area contributed by atoms with E-state index >= 15 is 0 Å². The summed E-state index contributed by atoms with van der Waals surface area (Å²) in [7, 11) is 0. The number of aliphatic hydroxyl groups excluding tert-OH is 2. The van der Waals surface area contributed by atoms with Gasteiger partial charge in [0, 0.05) is 10.0 Å². The summed E-state index contributed by atoms with van der Waals surface area (Å²) in [5.74, 6) is 0. The summed E-state index contributed by atoms with van der Waals surface area (Å²) >= 11 is 11.3. The van der Waals surface area contributed by atoms with E-state index in [1.807, 2.05) is 24.3 Å². The average Bonchev–Trinajstić information content (AvgIpc) is 2.40. The van der Waals surface area contributed by atoms with E-state index in [2.05, 4.69) is 0 Å². The molecule has 0 aliphatic rings. The van der Waals surface area contributed by atoms with Crippen LogP contribution in [0.4, 0.5) is 0 Å². The zero-order valence-corrected chi connectivity index (χ0v) is 12.9. The number of aliphatic hydroxyl groups is 2. The van der Waals surface area contributed by atoms with Gasteiger partial charge in [-0.05, 0) is 49.2 Å². The van der Waals surface area contributed by atoms with E-state index in [9.17, 15) is 0 Å². The van der Waals surface area contributed by atoms with E-state index in [0.717, 1.165) is 11.1 Å². The lowest BCUT2D eigenvalue weighted by molar-refractivity contribution is 0.199. The summed E-state index contributed by atoms with van der Waals surface area (Å²) in [5, 5.41) is 19.5. The van der Waals surface area contributed by atoms with Crippen molar-refractivity contribution in [1.82, 2.24) is 0 Å². The van der Waals surface area contributed by atoms with Crippen molar-refractivity contribution in [2.75, 3.05) is 0 Å². The number of hydrogen-bond acceptors (Lipinski definition) is 2. The smallest absolute Gasteiger partial charge is 0.0761 e. The van der Waals surface area contributed by atoms with Crippen molar-refractivity contribution >= 4 is 23.2 Å². The van der Waals surface area contributed by atoms with Crippen LogP contribution in [0.3, 0.4) is 0 Å². The molecule has 0 aliphatic carbocycles. The third kappa shape index (κ3) is 5.93. The van der Waals surface area contributed by atoms with Crippen molar-refractivity contribution in [1.29, 1.82) is 0 Å². The van der Waals surface area contributed by atoms with Gasteiger partial charge in [-0.1, -0.05) is 47.5 Å². The molecule has 0 radical (unpaired) electrons. The highest BCUT2D eigenvalue weighted by molar-refractivity contribution is 6.30. The summed E-state index contributed by atoms with van der Waals surface area (Å²) in [6.07, 6.45) is -0.811. The van der Waals surface area contributed by atoms with Gasteiger partial charge in [0.2, 0.25) is 0 Å². The maximum Gasteiger partial charge on any atom is 0.0761 e. The van der Waals surface area contributed by atoms with E-state index in [1.165, 1.54) is 0 Å². The Labute approximate surface area is 129 Å². The second-order valence-electron chi connectivity index (χ2n) is 4.46. The zero-order valence-electron chi connectivity index (χ0n) is 11.4. The summed E-state index contributed by atoms with van der Waals surface area (Å²) in [6.45, 7) is 3.45. The summed E-state index contributed by atoms with van der Waals surface area (Å²) in [5.41, 5.74) is 1.79. The molecule has 108 valence electrons. The van der Waals surface area contributed by atoms with Gasteiger partial charge in [-0.3, -0.25) is 0 Å². The molecule has 20 heavy (non-hydrogen) atoms. The zero-order chi connectivity index (χ0) is 15.1. The molecule has 0 saturated carbocycles. The van der Waals surface area contributed by atoms with E-state index in [0.29, 0.717) is 10.0 Å². The molecule has 2 N–H and O–H groups in total. The fourth-order valence-electron chi connectivity index (χ4n) is 1.48. The predicted octanol–water partition coefficient (Wildman–Crippen LogP) is 4.79. The highest BCUT2D eigenvalue weighted by Gasteiger charge is 1.98. The number of benzene rings is 2. The van der Waals surface area contributed by atoms with E-state index in [4.69, 9.17) is 33.4 Å². The van der Waals surface area contributed by atoms with E-state index < -0.39 is 12.2 Å². The number of halogens is 2. The van der Waals surface area contributed by atoms with Gasteiger partial charge in [0.25, 0.3) is 0 Å². The van der Waals surface area contributed by atoms with Gasteiger partial charge < -0.3 is 10.2 Å². The fourth-order valence-corrected chi connectivity index (χ4v) is 1.73. The van der Waals surface area contributed by atoms with Gasteiger partial charge >= 0.3 is 0 Å². The topological polar surface area (TPSA) is 40.5 Å². The Balaban J connectivity index is 0.000000200. The molecule has 0 amide bonds. The number of rotatable bonds is 2. The van der Waals surface area contributed by atoms with Crippen molar-refractivity contribution in [3.05, 3.63) is 69.7 Å². The minimum atomic E-state index is -0.405. The van der Waals surface area contributed by atoms with Gasteiger partial charge in [0.15, 0.2) is 0 Å². The summed E-state index contributed by atoms with van der Waals surface area (Å²) < 4.78 is 0. The molecule has 0 fully saturated rings. The Morgan fingerprint density at radius 3 is 1.10 bits per heavy atom. The van der Waals surface area contributed by atoms with E-state index in [1.54, 1.807) is 38.1 Å².